The number of aromatic hydroxyl groups is 1. The molecule has 1 aromatic carbocycles. The largest absolute Gasteiger partial charge is 0.501 e. The van der Waals surface area contributed by atoms with Crippen molar-refractivity contribution in [3.8, 4) is 5.75 Å². The van der Waals surface area contributed by atoms with Crippen LogP contribution in [-0.4, -0.2) is 22.1 Å². The van der Waals surface area contributed by atoms with Gasteiger partial charge in [0.05, 0.1) is 11.0 Å². The maximum atomic E-state index is 11.4. The molecule has 0 saturated carbocycles. The van der Waals surface area contributed by atoms with Gasteiger partial charge in [-0.2, -0.15) is 0 Å². The average Bonchev–Trinajstić information content (AvgIpc) is 2.16. The molecule has 1 rings (SSSR count). The highest BCUT2D eigenvalue weighted by Gasteiger charge is 2.22. The predicted octanol–water partition coefficient (Wildman–Crippen LogP) is 1.87. The van der Waals surface area contributed by atoms with Crippen LogP contribution in [0.4, 0.5) is 5.69 Å². The van der Waals surface area contributed by atoms with Crippen LogP contribution in [-0.2, 0) is 4.74 Å². The van der Waals surface area contributed by atoms with Gasteiger partial charge in [0, 0.05) is 6.07 Å². The number of rotatable bonds is 3. The Kier molecular flexibility index (Phi) is 3.44. The van der Waals surface area contributed by atoms with Crippen molar-refractivity contribution in [2.45, 2.75) is 20.0 Å². The normalized spacial score (nSPS) is 10.2. The first-order valence-corrected chi connectivity index (χ1v) is 4.61. The summed E-state index contributed by atoms with van der Waals surface area (Å²) < 4.78 is 4.83. The second-order valence-electron chi connectivity index (χ2n) is 3.38. The van der Waals surface area contributed by atoms with E-state index in [0.717, 1.165) is 6.07 Å². The Balaban J connectivity index is 3.10. The van der Waals surface area contributed by atoms with E-state index >= 15 is 0 Å². The van der Waals surface area contributed by atoms with Gasteiger partial charge in [-0.1, -0.05) is 6.07 Å². The summed E-state index contributed by atoms with van der Waals surface area (Å²) in [6.45, 7) is 3.29. The van der Waals surface area contributed by atoms with Crippen molar-refractivity contribution < 1.29 is 19.6 Å². The van der Waals surface area contributed by atoms with Crippen molar-refractivity contribution in [3.63, 3.8) is 0 Å². The van der Waals surface area contributed by atoms with Gasteiger partial charge >= 0.3 is 11.7 Å². The zero-order valence-electron chi connectivity index (χ0n) is 8.84. The molecule has 0 aromatic heterocycles. The third-order valence-electron chi connectivity index (χ3n) is 1.77. The zero-order valence-corrected chi connectivity index (χ0v) is 8.84. The second-order valence-corrected chi connectivity index (χ2v) is 3.38. The third kappa shape index (κ3) is 2.47. The summed E-state index contributed by atoms with van der Waals surface area (Å²) in [6, 6.07) is 3.70. The summed E-state index contributed by atoms with van der Waals surface area (Å²) >= 11 is 0. The van der Waals surface area contributed by atoms with Gasteiger partial charge in [-0.15, -0.1) is 0 Å². The second kappa shape index (κ2) is 4.61. The van der Waals surface area contributed by atoms with Crippen molar-refractivity contribution in [3.05, 3.63) is 33.9 Å². The highest BCUT2D eigenvalue weighted by atomic mass is 16.6. The molecule has 6 nitrogen and oxygen atoms in total. The van der Waals surface area contributed by atoms with E-state index in [0.29, 0.717) is 0 Å². The average molecular weight is 225 g/mol. The molecule has 0 heterocycles. The van der Waals surface area contributed by atoms with Crippen LogP contribution in [0.15, 0.2) is 18.2 Å². The van der Waals surface area contributed by atoms with E-state index in [1.807, 2.05) is 0 Å². The molecule has 0 fully saturated rings. The summed E-state index contributed by atoms with van der Waals surface area (Å²) in [6.07, 6.45) is -0.355. The van der Waals surface area contributed by atoms with Crippen molar-refractivity contribution in [1.29, 1.82) is 0 Å². The Labute approximate surface area is 91.6 Å². The molecule has 16 heavy (non-hydrogen) atoms. The maximum Gasteiger partial charge on any atom is 0.342 e. The Morgan fingerprint density at radius 3 is 2.62 bits per heavy atom. The standard InChI is InChI=1S/C10H11NO5/c1-6(2)16-10(13)7-4-3-5-8(9(7)12)11(14)15/h3-6,12H,1-2H3. The molecule has 0 aliphatic carbocycles. The summed E-state index contributed by atoms with van der Waals surface area (Å²) in [4.78, 5) is 21.2. The van der Waals surface area contributed by atoms with E-state index in [9.17, 15) is 20.0 Å². The van der Waals surface area contributed by atoms with Crippen molar-refractivity contribution in [1.82, 2.24) is 0 Å². The van der Waals surface area contributed by atoms with Crippen LogP contribution in [0.5, 0.6) is 5.75 Å². The number of phenols is 1. The molecule has 0 amide bonds. The molecule has 0 radical (unpaired) electrons. The number of benzene rings is 1. The number of hydrogen-bond donors (Lipinski definition) is 1. The van der Waals surface area contributed by atoms with Crippen molar-refractivity contribution in [2.24, 2.45) is 0 Å². The molecule has 0 bridgehead atoms. The number of hydrogen-bond acceptors (Lipinski definition) is 5. The quantitative estimate of drug-likeness (QED) is 0.481. The van der Waals surface area contributed by atoms with Gasteiger partial charge in [0.2, 0.25) is 5.75 Å². The molecular formula is C10H11NO5. The molecule has 6 heteroatoms. The molecule has 0 spiro atoms. The van der Waals surface area contributed by atoms with E-state index in [-0.39, 0.29) is 11.7 Å². The summed E-state index contributed by atoms with van der Waals surface area (Å²) in [7, 11) is 0. The van der Waals surface area contributed by atoms with Crippen LogP contribution in [0, 0.1) is 10.1 Å². The van der Waals surface area contributed by atoms with Crippen molar-refractivity contribution in [2.75, 3.05) is 0 Å². The van der Waals surface area contributed by atoms with E-state index in [2.05, 4.69) is 0 Å². The van der Waals surface area contributed by atoms with Crippen LogP contribution < -0.4 is 0 Å². The van der Waals surface area contributed by atoms with E-state index in [1.165, 1.54) is 12.1 Å². The third-order valence-corrected chi connectivity index (χ3v) is 1.77. The molecule has 0 atom stereocenters. The highest BCUT2D eigenvalue weighted by Crippen LogP contribution is 2.29. The van der Waals surface area contributed by atoms with Crippen LogP contribution in [0.1, 0.15) is 24.2 Å². The van der Waals surface area contributed by atoms with Crippen LogP contribution >= 0.6 is 0 Å². The van der Waals surface area contributed by atoms with E-state index < -0.39 is 22.3 Å². The van der Waals surface area contributed by atoms with E-state index in [4.69, 9.17) is 4.74 Å². The molecule has 0 unspecified atom stereocenters. The fourth-order valence-corrected chi connectivity index (χ4v) is 1.12. The lowest BCUT2D eigenvalue weighted by atomic mass is 10.2. The minimum atomic E-state index is -0.781. The number of phenolic OH excluding ortho intramolecular Hbond substituents is 1. The smallest absolute Gasteiger partial charge is 0.342 e. The minimum absolute atomic E-state index is 0.206. The first kappa shape index (κ1) is 12.0. The number of nitro groups is 1. The number of nitrogens with zero attached hydrogens (tertiary/aromatic N) is 1. The van der Waals surface area contributed by atoms with Gasteiger partial charge in [-0.05, 0) is 19.9 Å². The molecule has 0 saturated heterocycles. The van der Waals surface area contributed by atoms with Gasteiger partial charge in [0.1, 0.15) is 5.56 Å². The summed E-state index contributed by atoms with van der Waals surface area (Å²) in [5, 5.41) is 20.0. The molecular weight excluding hydrogens is 214 g/mol. The van der Waals surface area contributed by atoms with Gasteiger partial charge in [0.15, 0.2) is 0 Å². The Morgan fingerprint density at radius 2 is 2.12 bits per heavy atom. The zero-order chi connectivity index (χ0) is 12.3. The van der Waals surface area contributed by atoms with Gasteiger partial charge < -0.3 is 9.84 Å². The number of ether oxygens (including phenoxy) is 1. The summed E-state index contributed by atoms with van der Waals surface area (Å²) in [5.41, 5.74) is -0.721. The van der Waals surface area contributed by atoms with Gasteiger partial charge in [-0.25, -0.2) is 4.79 Å². The Morgan fingerprint density at radius 1 is 1.50 bits per heavy atom. The first-order valence-electron chi connectivity index (χ1n) is 4.61. The van der Waals surface area contributed by atoms with Crippen LogP contribution in [0.2, 0.25) is 0 Å². The first-order chi connectivity index (χ1) is 7.43. The molecule has 1 aromatic rings. The number of nitro benzene ring substituents is 1. The molecule has 0 aliphatic heterocycles. The number of para-hydroxylation sites is 1. The lowest BCUT2D eigenvalue weighted by Gasteiger charge is -2.08. The van der Waals surface area contributed by atoms with E-state index in [1.54, 1.807) is 13.8 Å². The molecule has 0 aliphatic rings. The Hall–Kier alpha value is -2.11. The Bertz CT molecular complexity index is 427. The number of esters is 1. The fraction of sp³-hybridized carbons (Fsp3) is 0.300. The lowest BCUT2D eigenvalue weighted by Crippen LogP contribution is -2.12. The maximum absolute atomic E-state index is 11.4. The summed E-state index contributed by atoms with van der Waals surface area (Å²) in [5.74, 6) is -1.45. The number of carbonyl (C=O) groups is 1. The fourth-order valence-electron chi connectivity index (χ4n) is 1.12. The van der Waals surface area contributed by atoms with Crippen LogP contribution in [0.25, 0.3) is 0 Å². The molecule has 86 valence electrons. The topological polar surface area (TPSA) is 89.7 Å². The minimum Gasteiger partial charge on any atom is -0.501 e. The van der Waals surface area contributed by atoms with Crippen LogP contribution in [0.3, 0.4) is 0 Å². The molecule has 1 N–H and O–H groups in total. The SMILES string of the molecule is CC(C)OC(=O)c1cccc([N+](=O)[O-])c1O. The number of carbonyl (C=O) groups excluding carboxylic acids is 1. The monoisotopic (exact) mass is 225 g/mol. The van der Waals surface area contributed by atoms with Gasteiger partial charge in [-0.3, -0.25) is 10.1 Å². The lowest BCUT2D eigenvalue weighted by molar-refractivity contribution is -0.385. The highest BCUT2D eigenvalue weighted by molar-refractivity contribution is 5.93. The van der Waals surface area contributed by atoms with Crippen molar-refractivity contribution >= 4 is 11.7 Å². The van der Waals surface area contributed by atoms with Gasteiger partial charge in [0.25, 0.3) is 0 Å². The predicted molar refractivity (Wildman–Crippen MR) is 55.3 cm³/mol.